The summed E-state index contributed by atoms with van der Waals surface area (Å²) in [6.07, 6.45) is 6.96. The Morgan fingerprint density at radius 3 is 2.56 bits per heavy atom. The molecule has 1 amide bonds. The van der Waals surface area contributed by atoms with Gasteiger partial charge in [-0.25, -0.2) is 17.9 Å². The van der Waals surface area contributed by atoms with E-state index < -0.39 is 15.6 Å². The number of anilines is 1. The number of tetrazole rings is 1. The van der Waals surface area contributed by atoms with Crippen LogP contribution in [0.15, 0.2) is 23.1 Å². The van der Waals surface area contributed by atoms with Crippen molar-refractivity contribution >= 4 is 21.8 Å². The second kappa shape index (κ2) is 10.7. The van der Waals surface area contributed by atoms with Gasteiger partial charge in [-0.3, -0.25) is 0 Å². The van der Waals surface area contributed by atoms with Crippen LogP contribution in [-0.2, 0) is 14.8 Å². The van der Waals surface area contributed by atoms with Crippen molar-refractivity contribution in [1.82, 2.24) is 29.8 Å². The molecule has 1 aliphatic heterocycles. The number of benzene rings is 1. The molecule has 36 heavy (non-hydrogen) atoms. The number of rotatable bonds is 6. The van der Waals surface area contributed by atoms with Gasteiger partial charge in [0.1, 0.15) is 5.60 Å². The second-order valence-electron chi connectivity index (χ2n) is 10.6. The van der Waals surface area contributed by atoms with Crippen molar-refractivity contribution in [2.24, 2.45) is 0 Å². The first-order chi connectivity index (χ1) is 17.1. The highest BCUT2D eigenvalue weighted by Gasteiger charge is 2.30. The van der Waals surface area contributed by atoms with Crippen LogP contribution in [-0.4, -0.2) is 71.4 Å². The van der Waals surface area contributed by atoms with Crippen molar-refractivity contribution in [3.05, 3.63) is 18.2 Å². The first kappa shape index (κ1) is 26.3. The van der Waals surface area contributed by atoms with Crippen molar-refractivity contribution in [1.29, 1.82) is 0 Å². The maximum atomic E-state index is 12.6. The van der Waals surface area contributed by atoms with E-state index in [-0.39, 0.29) is 17.0 Å². The molecule has 0 radical (unpaired) electrons. The summed E-state index contributed by atoms with van der Waals surface area (Å²) < 4.78 is 32.9. The molecule has 2 fully saturated rings. The average molecular weight is 520 g/mol. The van der Waals surface area contributed by atoms with E-state index in [4.69, 9.17) is 4.74 Å². The Bertz CT molecular complexity index is 1170. The monoisotopic (exact) mass is 519 g/mol. The number of hydrogen-bond donors (Lipinski definition) is 2. The lowest BCUT2D eigenvalue weighted by molar-refractivity contribution is 0.0160. The quantitative estimate of drug-likeness (QED) is 0.592. The maximum Gasteiger partial charge on any atom is 0.410 e. The van der Waals surface area contributed by atoms with Gasteiger partial charge in [0.2, 0.25) is 15.8 Å². The standard InChI is InChI=1S/C24H37N7O4S/c1-24(2,3)35-23(32)30-14-8-11-18(16-30)31-28-22(27-29-31)20-15-19(36(33,34)25-4)12-13-21(20)26-17-9-6-5-7-10-17/h12-13,15,17-18,25-26H,5-11,14,16H2,1-4H3. The highest BCUT2D eigenvalue weighted by Crippen LogP contribution is 2.32. The Labute approximate surface area is 213 Å². The first-order valence-corrected chi connectivity index (χ1v) is 14.2. The minimum atomic E-state index is -3.64. The van der Waals surface area contributed by atoms with Crippen LogP contribution in [0.4, 0.5) is 10.5 Å². The molecule has 2 aliphatic rings. The third-order valence-corrected chi connectivity index (χ3v) is 7.99. The predicted octanol–water partition coefficient (Wildman–Crippen LogP) is 3.56. The molecular formula is C24H37N7O4S. The molecule has 2 aromatic rings. The van der Waals surface area contributed by atoms with E-state index in [9.17, 15) is 13.2 Å². The molecule has 1 saturated heterocycles. The molecule has 1 unspecified atom stereocenters. The van der Waals surface area contributed by atoms with Gasteiger partial charge < -0.3 is 15.0 Å². The second-order valence-corrected chi connectivity index (χ2v) is 12.4. The van der Waals surface area contributed by atoms with Gasteiger partial charge in [0, 0.05) is 30.4 Å². The third-order valence-electron chi connectivity index (χ3n) is 6.58. The van der Waals surface area contributed by atoms with Crippen LogP contribution in [0.2, 0.25) is 0 Å². The Morgan fingerprint density at radius 2 is 1.86 bits per heavy atom. The minimum absolute atomic E-state index is 0.138. The van der Waals surface area contributed by atoms with E-state index in [0.29, 0.717) is 30.5 Å². The molecule has 11 nitrogen and oxygen atoms in total. The van der Waals surface area contributed by atoms with E-state index in [0.717, 1.165) is 31.4 Å². The molecular weight excluding hydrogens is 482 g/mol. The summed E-state index contributed by atoms with van der Waals surface area (Å²) in [7, 11) is -2.26. The lowest BCUT2D eigenvalue weighted by atomic mass is 9.95. The Hall–Kier alpha value is -2.73. The zero-order chi connectivity index (χ0) is 25.9. The van der Waals surface area contributed by atoms with Crippen LogP contribution in [0.1, 0.15) is 71.8 Å². The van der Waals surface area contributed by atoms with Crippen molar-refractivity contribution in [2.75, 3.05) is 25.5 Å². The van der Waals surface area contributed by atoms with Crippen LogP contribution >= 0.6 is 0 Å². The van der Waals surface area contributed by atoms with Crippen LogP contribution < -0.4 is 10.0 Å². The van der Waals surface area contributed by atoms with Gasteiger partial charge in [-0.1, -0.05) is 19.3 Å². The minimum Gasteiger partial charge on any atom is -0.444 e. The molecule has 12 heteroatoms. The highest BCUT2D eigenvalue weighted by molar-refractivity contribution is 7.89. The lowest BCUT2D eigenvalue weighted by Crippen LogP contribution is -2.43. The number of sulfonamides is 1. The summed E-state index contributed by atoms with van der Waals surface area (Å²) in [5.41, 5.74) is 0.807. The zero-order valence-corrected chi connectivity index (χ0v) is 22.3. The van der Waals surface area contributed by atoms with Gasteiger partial charge in [-0.05, 0) is 76.9 Å². The summed E-state index contributed by atoms with van der Waals surface area (Å²) in [6.45, 7) is 6.58. The van der Waals surface area contributed by atoms with E-state index in [1.807, 2.05) is 20.8 Å². The van der Waals surface area contributed by atoms with Gasteiger partial charge in [0.25, 0.3) is 0 Å². The molecule has 1 atom stereocenters. The molecule has 1 aliphatic carbocycles. The number of nitrogens with one attached hydrogen (secondary N) is 2. The number of likely N-dealkylation sites (tertiary alicyclic amines) is 1. The number of amides is 1. The normalized spacial score (nSPS) is 19.8. The predicted molar refractivity (Wildman–Crippen MR) is 136 cm³/mol. The van der Waals surface area contributed by atoms with Crippen molar-refractivity contribution in [3.63, 3.8) is 0 Å². The largest absolute Gasteiger partial charge is 0.444 e. The molecule has 4 rings (SSSR count). The number of aromatic nitrogens is 4. The smallest absolute Gasteiger partial charge is 0.410 e. The molecule has 1 saturated carbocycles. The number of carbonyl (C=O) groups excluding carboxylic acids is 1. The number of piperidine rings is 1. The van der Waals surface area contributed by atoms with E-state index >= 15 is 0 Å². The number of carbonyl (C=O) groups is 1. The molecule has 2 N–H and O–H groups in total. The highest BCUT2D eigenvalue weighted by atomic mass is 32.2. The summed E-state index contributed by atoms with van der Waals surface area (Å²) in [6, 6.07) is 5.13. The topological polar surface area (TPSA) is 131 Å². The Kier molecular flexibility index (Phi) is 7.84. The van der Waals surface area contributed by atoms with Gasteiger partial charge in [0.15, 0.2) is 0 Å². The molecule has 0 bridgehead atoms. The molecule has 2 heterocycles. The van der Waals surface area contributed by atoms with Gasteiger partial charge in [0.05, 0.1) is 10.9 Å². The number of nitrogens with zero attached hydrogens (tertiary/aromatic N) is 5. The molecule has 1 aromatic heterocycles. The fourth-order valence-corrected chi connectivity index (χ4v) is 5.47. The van der Waals surface area contributed by atoms with Crippen molar-refractivity contribution < 1.29 is 17.9 Å². The molecule has 1 aromatic carbocycles. The van der Waals surface area contributed by atoms with Gasteiger partial charge >= 0.3 is 6.09 Å². The van der Waals surface area contributed by atoms with Crippen molar-refractivity contribution in [2.45, 2.75) is 88.3 Å². The first-order valence-electron chi connectivity index (χ1n) is 12.7. The Balaban J connectivity index is 1.59. The summed E-state index contributed by atoms with van der Waals surface area (Å²) in [5.74, 6) is 0.343. The fraction of sp³-hybridized carbons (Fsp3) is 0.667. The van der Waals surface area contributed by atoms with E-state index in [2.05, 4.69) is 25.4 Å². The van der Waals surface area contributed by atoms with Crippen molar-refractivity contribution in [3.8, 4) is 11.4 Å². The lowest BCUT2D eigenvalue weighted by Gasteiger charge is -2.33. The van der Waals surface area contributed by atoms with Crippen LogP contribution in [0, 0.1) is 0 Å². The van der Waals surface area contributed by atoms with Crippen LogP contribution in [0.3, 0.4) is 0 Å². The zero-order valence-electron chi connectivity index (χ0n) is 21.5. The van der Waals surface area contributed by atoms with Crippen LogP contribution in [0.5, 0.6) is 0 Å². The third kappa shape index (κ3) is 6.33. The fourth-order valence-electron chi connectivity index (χ4n) is 4.71. The molecule has 0 spiro atoms. The van der Waals surface area contributed by atoms with Crippen LogP contribution in [0.25, 0.3) is 11.4 Å². The summed E-state index contributed by atoms with van der Waals surface area (Å²) >= 11 is 0. The SMILES string of the molecule is CNS(=O)(=O)c1ccc(NC2CCCCC2)c(-c2nnn(C3CCCN(C(=O)OC(C)(C)C)C3)n2)c1. The number of ether oxygens (including phenoxy) is 1. The number of hydrogen-bond acceptors (Lipinski definition) is 8. The molecule has 198 valence electrons. The maximum absolute atomic E-state index is 12.6. The summed E-state index contributed by atoms with van der Waals surface area (Å²) in [5, 5.41) is 16.8. The Morgan fingerprint density at radius 1 is 1.11 bits per heavy atom. The van der Waals surface area contributed by atoms with Gasteiger partial charge in [-0.2, -0.15) is 4.80 Å². The van der Waals surface area contributed by atoms with Gasteiger partial charge in [-0.15, -0.1) is 10.2 Å². The average Bonchev–Trinajstić information content (AvgIpc) is 3.34. The summed E-state index contributed by atoms with van der Waals surface area (Å²) in [4.78, 5) is 15.9. The van der Waals surface area contributed by atoms with E-state index in [1.165, 1.54) is 31.1 Å². The van der Waals surface area contributed by atoms with E-state index in [1.54, 1.807) is 23.1 Å².